The minimum Gasteiger partial charge on any atom is -0.502 e. The van der Waals surface area contributed by atoms with Crippen molar-refractivity contribution in [1.82, 2.24) is 0 Å². The highest BCUT2D eigenvalue weighted by Crippen LogP contribution is 2.48. The van der Waals surface area contributed by atoms with Crippen LogP contribution < -0.4 is 0 Å². The third-order valence-electron chi connectivity index (χ3n) is 4.67. The minimum atomic E-state index is -0.661. The van der Waals surface area contributed by atoms with E-state index in [4.69, 9.17) is 0 Å². The number of phenols is 2. The molecule has 8 nitrogen and oxygen atoms in total. The summed E-state index contributed by atoms with van der Waals surface area (Å²) in [5, 5.41) is 42.9. The molecule has 3 rings (SSSR count). The van der Waals surface area contributed by atoms with E-state index >= 15 is 0 Å². The summed E-state index contributed by atoms with van der Waals surface area (Å²) in [5.41, 5.74) is -0.0481. The van der Waals surface area contributed by atoms with Gasteiger partial charge in [-0.25, -0.2) is 0 Å². The number of hydrogen-bond donors (Lipinski definition) is 2. The van der Waals surface area contributed by atoms with Crippen LogP contribution in [0, 0.1) is 20.2 Å². The number of phenolic OH excluding ortho intramolecular Hbond substituents is 2. The van der Waals surface area contributed by atoms with Crippen LogP contribution in [0.25, 0.3) is 0 Å². The molecule has 2 aromatic rings. The lowest BCUT2D eigenvalue weighted by Gasteiger charge is -2.29. The van der Waals surface area contributed by atoms with Gasteiger partial charge in [0.2, 0.25) is 0 Å². The SMILES string of the molecule is O=[N+]([O-])c1cccc([C@@H]2C=CCC[C@H]2c2cccc([N+](=O)[O-])c2O)c1O. The molecule has 8 heteroatoms. The molecule has 0 amide bonds. The van der Waals surface area contributed by atoms with E-state index in [9.17, 15) is 30.4 Å². The number of rotatable bonds is 4. The molecule has 26 heavy (non-hydrogen) atoms. The first-order valence-electron chi connectivity index (χ1n) is 8.01. The van der Waals surface area contributed by atoms with Gasteiger partial charge in [-0.05, 0) is 18.8 Å². The van der Waals surface area contributed by atoms with E-state index in [1.807, 2.05) is 12.2 Å². The van der Waals surface area contributed by atoms with Crippen molar-refractivity contribution >= 4 is 11.4 Å². The predicted molar refractivity (Wildman–Crippen MR) is 93.4 cm³/mol. The van der Waals surface area contributed by atoms with Crippen LogP contribution in [0.5, 0.6) is 11.5 Å². The van der Waals surface area contributed by atoms with Crippen LogP contribution in [0.15, 0.2) is 48.6 Å². The maximum atomic E-state index is 11.1. The van der Waals surface area contributed by atoms with E-state index in [0.29, 0.717) is 24.0 Å². The molecule has 0 saturated carbocycles. The second-order valence-electron chi connectivity index (χ2n) is 6.08. The quantitative estimate of drug-likeness (QED) is 0.482. The van der Waals surface area contributed by atoms with E-state index in [1.165, 1.54) is 24.3 Å². The van der Waals surface area contributed by atoms with Crippen molar-refractivity contribution in [2.75, 3.05) is 0 Å². The first-order chi connectivity index (χ1) is 12.4. The molecule has 0 radical (unpaired) electrons. The summed E-state index contributed by atoms with van der Waals surface area (Å²) in [6, 6.07) is 8.61. The third-order valence-corrected chi connectivity index (χ3v) is 4.67. The summed E-state index contributed by atoms with van der Waals surface area (Å²) in [6.07, 6.45) is 4.98. The van der Waals surface area contributed by atoms with Crippen molar-refractivity contribution in [3.8, 4) is 11.5 Å². The Labute approximate surface area is 148 Å². The Bertz CT molecular complexity index is 909. The molecule has 0 aromatic heterocycles. The Morgan fingerprint density at radius 3 is 2.00 bits per heavy atom. The van der Waals surface area contributed by atoms with Gasteiger partial charge in [-0.3, -0.25) is 20.2 Å². The molecule has 0 saturated heterocycles. The van der Waals surface area contributed by atoms with E-state index in [0.717, 1.165) is 0 Å². The summed E-state index contributed by atoms with van der Waals surface area (Å²) in [7, 11) is 0. The Balaban J connectivity index is 2.11. The molecule has 0 unspecified atom stereocenters. The van der Waals surface area contributed by atoms with Gasteiger partial charge >= 0.3 is 11.4 Å². The Morgan fingerprint density at radius 2 is 1.42 bits per heavy atom. The standard InChI is InChI=1S/C18H16N2O6/c21-17-13(7-3-9-15(17)19(23)24)11-5-1-2-6-12(11)14-8-4-10-16(18(14)22)20(25)26/h1,3-5,7-12,21-22H,2,6H2/t11-,12-/m1/s1. The van der Waals surface area contributed by atoms with E-state index in [1.54, 1.807) is 12.1 Å². The topological polar surface area (TPSA) is 127 Å². The van der Waals surface area contributed by atoms with Crippen LogP contribution in [-0.4, -0.2) is 20.1 Å². The maximum absolute atomic E-state index is 11.1. The molecule has 1 aliphatic carbocycles. The lowest BCUT2D eigenvalue weighted by atomic mass is 9.75. The molecule has 2 aromatic carbocycles. The van der Waals surface area contributed by atoms with E-state index < -0.39 is 33.0 Å². The van der Waals surface area contributed by atoms with E-state index in [-0.39, 0.29) is 11.6 Å². The minimum absolute atomic E-state index is 0.353. The van der Waals surface area contributed by atoms with Crippen LogP contribution in [0.4, 0.5) is 11.4 Å². The number of aromatic hydroxyl groups is 2. The van der Waals surface area contributed by atoms with Crippen LogP contribution >= 0.6 is 0 Å². The average Bonchev–Trinajstić information content (AvgIpc) is 2.62. The molecule has 0 spiro atoms. The van der Waals surface area contributed by atoms with Crippen LogP contribution in [0.1, 0.15) is 35.8 Å². The van der Waals surface area contributed by atoms with Crippen molar-refractivity contribution in [2.24, 2.45) is 0 Å². The van der Waals surface area contributed by atoms with Crippen LogP contribution in [0.3, 0.4) is 0 Å². The van der Waals surface area contributed by atoms with Gasteiger partial charge in [0.1, 0.15) is 0 Å². The van der Waals surface area contributed by atoms with Gasteiger partial charge in [0.15, 0.2) is 11.5 Å². The fraction of sp³-hybridized carbons (Fsp3) is 0.222. The van der Waals surface area contributed by atoms with Gasteiger partial charge in [0, 0.05) is 29.2 Å². The normalized spacial score (nSPS) is 19.2. The second-order valence-corrected chi connectivity index (χ2v) is 6.08. The number of nitrogens with zero attached hydrogens (tertiary/aromatic N) is 2. The zero-order valence-corrected chi connectivity index (χ0v) is 13.6. The molecule has 0 fully saturated rings. The number of hydrogen-bond acceptors (Lipinski definition) is 6. The van der Waals surface area contributed by atoms with E-state index in [2.05, 4.69) is 0 Å². The lowest BCUT2D eigenvalue weighted by Crippen LogP contribution is -2.14. The number of nitro groups is 2. The fourth-order valence-electron chi connectivity index (χ4n) is 3.46. The summed E-state index contributed by atoms with van der Waals surface area (Å²) in [6.45, 7) is 0. The van der Waals surface area contributed by atoms with Crippen molar-refractivity contribution < 1.29 is 20.1 Å². The maximum Gasteiger partial charge on any atom is 0.311 e. The highest BCUT2D eigenvalue weighted by Gasteiger charge is 2.32. The smallest absolute Gasteiger partial charge is 0.311 e. The van der Waals surface area contributed by atoms with Crippen molar-refractivity contribution in [3.63, 3.8) is 0 Å². The molecule has 2 N–H and O–H groups in total. The highest BCUT2D eigenvalue weighted by atomic mass is 16.6. The third kappa shape index (κ3) is 2.97. The van der Waals surface area contributed by atoms with Gasteiger partial charge in [-0.2, -0.15) is 0 Å². The Kier molecular flexibility index (Phi) is 4.57. The zero-order valence-electron chi connectivity index (χ0n) is 13.6. The second kappa shape index (κ2) is 6.83. The summed E-state index contributed by atoms with van der Waals surface area (Å²) in [4.78, 5) is 20.9. The van der Waals surface area contributed by atoms with Crippen molar-refractivity contribution in [2.45, 2.75) is 24.7 Å². The monoisotopic (exact) mass is 356 g/mol. The van der Waals surface area contributed by atoms with Crippen LogP contribution in [-0.2, 0) is 0 Å². The van der Waals surface area contributed by atoms with Gasteiger partial charge in [0.25, 0.3) is 0 Å². The zero-order chi connectivity index (χ0) is 18.8. The molecule has 1 aliphatic rings. The fourth-order valence-corrected chi connectivity index (χ4v) is 3.46. The molecule has 0 aliphatic heterocycles. The first kappa shape index (κ1) is 17.4. The number of nitro benzene ring substituents is 2. The average molecular weight is 356 g/mol. The van der Waals surface area contributed by atoms with Gasteiger partial charge < -0.3 is 10.2 Å². The van der Waals surface area contributed by atoms with Crippen molar-refractivity contribution in [1.29, 1.82) is 0 Å². The lowest BCUT2D eigenvalue weighted by molar-refractivity contribution is -0.386. The molecular formula is C18H16N2O6. The number of allylic oxidation sites excluding steroid dienone is 2. The largest absolute Gasteiger partial charge is 0.502 e. The van der Waals surface area contributed by atoms with Crippen LogP contribution in [0.2, 0.25) is 0 Å². The Morgan fingerprint density at radius 1 is 0.885 bits per heavy atom. The van der Waals surface area contributed by atoms with Crippen molar-refractivity contribution in [3.05, 3.63) is 79.9 Å². The summed E-state index contributed by atoms with van der Waals surface area (Å²) in [5.74, 6) is -1.64. The molecule has 0 bridgehead atoms. The number of para-hydroxylation sites is 2. The molecular weight excluding hydrogens is 340 g/mol. The molecule has 2 atom stereocenters. The van der Waals surface area contributed by atoms with Gasteiger partial charge in [-0.1, -0.05) is 36.4 Å². The van der Waals surface area contributed by atoms with Gasteiger partial charge in [0.05, 0.1) is 9.85 Å². The summed E-state index contributed by atoms with van der Waals surface area (Å²) < 4.78 is 0. The summed E-state index contributed by atoms with van der Waals surface area (Å²) >= 11 is 0. The highest BCUT2D eigenvalue weighted by molar-refractivity contribution is 5.57. The number of benzene rings is 2. The Hall–Kier alpha value is -3.42. The predicted octanol–water partition coefficient (Wildman–Crippen LogP) is 4.13. The molecule has 134 valence electrons. The first-order valence-corrected chi connectivity index (χ1v) is 8.01. The molecule has 0 heterocycles. The van der Waals surface area contributed by atoms with Gasteiger partial charge in [-0.15, -0.1) is 0 Å².